The van der Waals surface area contributed by atoms with Gasteiger partial charge in [-0.2, -0.15) is 0 Å². The number of piperidine rings is 1. The Morgan fingerprint density at radius 1 is 0.672 bits per heavy atom. The number of benzene rings is 2. The van der Waals surface area contributed by atoms with E-state index in [1.54, 1.807) is 41.5 Å². The smallest absolute Gasteiger partial charge is 0.408 e. The molecule has 3 N–H and O–H groups in total. The first-order chi connectivity index (χ1) is 31.6. The molecule has 3 aliphatic rings. The van der Waals surface area contributed by atoms with Gasteiger partial charge in [0.05, 0.1) is 12.1 Å². The molecule has 2 saturated heterocycles. The third-order valence-corrected chi connectivity index (χ3v) is 12.8. The standard InChI is InChI=1S/C53H77N5O9/c1-36(2)29-42(55-46(61)41(30-37-17-11-9-12-18-37)33-45(60)43(31-38-19-13-10-14-20-38)56-50(65)67-52(6,7)8)44(59)32-40(21-15-16-26-54-49(64)66-51(3,4)5)48(63)58-34-53(35-58)24-27-57(28-25-53)47(62)39-22-23-39/h9-14,17-20,36,39-43H,15-16,21-35H2,1-8H3,(H,54,64)(H,55,61)(H,56,65)/t40-,41-,42+,43+/m0/s1. The van der Waals surface area contributed by atoms with Gasteiger partial charge in [-0.25, -0.2) is 9.59 Å². The quantitative estimate of drug-likeness (QED) is 0.100. The molecular formula is C53H77N5O9. The van der Waals surface area contributed by atoms with E-state index in [1.165, 1.54) is 0 Å². The van der Waals surface area contributed by atoms with Crippen LogP contribution in [-0.2, 0) is 46.3 Å². The van der Waals surface area contributed by atoms with Crippen molar-refractivity contribution >= 4 is 41.5 Å². The Morgan fingerprint density at radius 2 is 1.21 bits per heavy atom. The highest BCUT2D eigenvalue weighted by molar-refractivity contribution is 5.95. The molecule has 5 rings (SSSR count). The number of nitrogens with zero attached hydrogens (tertiary/aromatic N) is 2. The minimum atomic E-state index is -0.985. The Labute approximate surface area is 398 Å². The molecule has 1 aliphatic carbocycles. The number of ketones is 2. The first-order valence-electron chi connectivity index (χ1n) is 24.6. The maximum Gasteiger partial charge on any atom is 0.408 e. The van der Waals surface area contributed by atoms with Crippen LogP contribution in [0.2, 0.25) is 0 Å². The number of nitrogens with one attached hydrogen (secondary N) is 3. The molecule has 2 aliphatic heterocycles. The summed E-state index contributed by atoms with van der Waals surface area (Å²) >= 11 is 0. The number of rotatable bonds is 22. The number of hydrogen-bond donors (Lipinski definition) is 3. The molecule has 2 aromatic carbocycles. The number of carbonyl (C=O) groups is 7. The summed E-state index contributed by atoms with van der Waals surface area (Å²) in [6.45, 7) is 17.5. The summed E-state index contributed by atoms with van der Waals surface area (Å²) in [6, 6.07) is 16.8. The molecule has 4 atom stereocenters. The lowest BCUT2D eigenvalue weighted by atomic mass is 9.71. The highest BCUT2D eigenvalue weighted by Gasteiger charge is 2.49. The van der Waals surface area contributed by atoms with Gasteiger partial charge in [-0.15, -0.1) is 0 Å². The van der Waals surface area contributed by atoms with Crippen molar-refractivity contribution < 1.29 is 43.0 Å². The molecule has 2 heterocycles. The van der Waals surface area contributed by atoms with Gasteiger partial charge in [-0.05, 0) is 116 Å². The van der Waals surface area contributed by atoms with E-state index in [1.807, 2.05) is 84.3 Å². The van der Waals surface area contributed by atoms with Gasteiger partial charge in [-0.1, -0.05) is 80.9 Å². The maximum atomic E-state index is 14.5. The topological polar surface area (TPSA) is 181 Å². The van der Waals surface area contributed by atoms with E-state index < -0.39 is 53.2 Å². The summed E-state index contributed by atoms with van der Waals surface area (Å²) in [5.41, 5.74) is 0.187. The SMILES string of the molecule is CC(C)C[C@@H](NC(=O)[C@H](CC(=O)[C@@H](Cc1ccccc1)NC(=O)OC(C)(C)C)Cc1ccccc1)C(=O)C[C@H](CCCCNC(=O)OC(C)(C)C)C(=O)N1CC2(CCN(C(=O)C3CC3)CC2)C1. The average Bonchev–Trinajstić information content (AvgIpc) is 4.09. The zero-order chi connectivity index (χ0) is 48.9. The summed E-state index contributed by atoms with van der Waals surface area (Å²) in [7, 11) is 0. The van der Waals surface area contributed by atoms with E-state index >= 15 is 0 Å². The average molecular weight is 928 g/mol. The number of amides is 5. The summed E-state index contributed by atoms with van der Waals surface area (Å²) in [4.78, 5) is 99.7. The molecule has 0 aromatic heterocycles. The maximum absolute atomic E-state index is 14.5. The van der Waals surface area contributed by atoms with Crippen LogP contribution in [0, 0.1) is 29.1 Å². The van der Waals surface area contributed by atoms with E-state index in [2.05, 4.69) is 16.0 Å². The van der Waals surface area contributed by atoms with Crippen molar-refractivity contribution in [3.63, 3.8) is 0 Å². The number of unbranched alkanes of at least 4 members (excludes halogenated alkanes) is 1. The van der Waals surface area contributed by atoms with Gasteiger partial charge in [0.15, 0.2) is 11.6 Å². The van der Waals surface area contributed by atoms with Crippen molar-refractivity contribution in [3.05, 3.63) is 71.8 Å². The minimum absolute atomic E-state index is 0.0118. The van der Waals surface area contributed by atoms with Crippen molar-refractivity contribution in [3.8, 4) is 0 Å². The summed E-state index contributed by atoms with van der Waals surface area (Å²) in [5.74, 6) is -2.24. The monoisotopic (exact) mass is 928 g/mol. The number of carbonyl (C=O) groups excluding carboxylic acids is 7. The van der Waals surface area contributed by atoms with Crippen LogP contribution < -0.4 is 16.0 Å². The highest BCUT2D eigenvalue weighted by atomic mass is 16.6. The van der Waals surface area contributed by atoms with Gasteiger partial charge in [0.1, 0.15) is 11.2 Å². The second-order valence-corrected chi connectivity index (χ2v) is 21.7. The summed E-state index contributed by atoms with van der Waals surface area (Å²) < 4.78 is 10.9. The number of alkyl carbamates (subject to hydrolysis) is 2. The molecule has 0 bridgehead atoms. The van der Waals surface area contributed by atoms with Crippen LogP contribution in [0.15, 0.2) is 60.7 Å². The molecule has 0 unspecified atom stereocenters. The number of likely N-dealkylation sites (tertiary alicyclic amines) is 2. The van der Waals surface area contributed by atoms with Crippen molar-refractivity contribution in [2.45, 2.75) is 156 Å². The largest absolute Gasteiger partial charge is 0.444 e. The normalized spacial score (nSPS) is 17.6. The number of ether oxygens (including phenoxy) is 2. The molecule has 2 aromatic rings. The van der Waals surface area contributed by atoms with Crippen LogP contribution in [0.5, 0.6) is 0 Å². The highest BCUT2D eigenvalue weighted by Crippen LogP contribution is 2.43. The molecule has 0 radical (unpaired) electrons. The van der Waals surface area contributed by atoms with Crippen LogP contribution in [0.3, 0.4) is 0 Å². The second kappa shape index (κ2) is 23.6. The molecule has 368 valence electrons. The summed E-state index contributed by atoms with van der Waals surface area (Å²) in [6.07, 6.45) is 4.37. The fourth-order valence-electron chi connectivity index (χ4n) is 9.12. The van der Waals surface area contributed by atoms with E-state index in [0.29, 0.717) is 58.4 Å². The molecule has 5 amide bonds. The van der Waals surface area contributed by atoms with Gasteiger partial charge in [0, 0.05) is 68.7 Å². The summed E-state index contributed by atoms with van der Waals surface area (Å²) in [5, 5.41) is 8.58. The fourth-order valence-corrected chi connectivity index (χ4v) is 9.12. The molecule has 14 heteroatoms. The number of hydrogen-bond acceptors (Lipinski definition) is 9. The van der Waals surface area contributed by atoms with Crippen LogP contribution >= 0.6 is 0 Å². The van der Waals surface area contributed by atoms with Crippen LogP contribution in [0.25, 0.3) is 0 Å². The Morgan fingerprint density at radius 3 is 1.76 bits per heavy atom. The Hall–Kier alpha value is -5.27. The van der Waals surface area contributed by atoms with Crippen LogP contribution in [0.1, 0.15) is 131 Å². The Balaban J connectivity index is 1.30. The molecule has 67 heavy (non-hydrogen) atoms. The third kappa shape index (κ3) is 17.4. The molecule has 3 fully saturated rings. The minimum Gasteiger partial charge on any atom is -0.444 e. The van der Waals surface area contributed by atoms with Crippen molar-refractivity contribution in [1.29, 1.82) is 0 Å². The second-order valence-electron chi connectivity index (χ2n) is 21.7. The lowest BCUT2D eigenvalue weighted by Crippen LogP contribution is -2.63. The van der Waals surface area contributed by atoms with Crippen molar-refractivity contribution in [2.24, 2.45) is 29.1 Å². The van der Waals surface area contributed by atoms with E-state index in [4.69, 9.17) is 9.47 Å². The molecule has 14 nitrogen and oxygen atoms in total. The predicted molar refractivity (Wildman–Crippen MR) is 257 cm³/mol. The van der Waals surface area contributed by atoms with Crippen LogP contribution in [0.4, 0.5) is 9.59 Å². The number of Topliss-reactive ketones (excluding diaryl/α,β-unsaturated/α-hetero) is 2. The predicted octanol–water partition coefficient (Wildman–Crippen LogP) is 7.60. The van der Waals surface area contributed by atoms with Crippen LogP contribution in [-0.4, -0.2) is 107 Å². The zero-order valence-electron chi connectivity index (χ0n) is 41.3. The first-order valence-corrected chi connectivity index (χ1v) is 24.6. The zero-order valence-corrected chi connectivity index (χ0v) is 41.3. The lowest BCUT2D eigenvalue weighted by Gasteiger charge is -2.54. The van der Waals surface area contributed by atoms with Gasteiger partial charge in [0.2, 0.25) is 17.7 Å². The van der Waals surface area contributed by atoms with Gasteiger partial charge >= 0.3 is 12.2 Å². The van der Waals surface area contributed by atoms with Gasteiger partial charge in [0.25, 0.3) is 0 Å². The Bertz CT molecular complexity index is 1990. The van der Waals surface area contributed by atoms with E-state index in [0.717, 1.165) is 36.8 Å². The Kier molecular flexibility index (Phi) is 18.6. The third-order valence-electron chi connectivity index (χ3n) is 12.8. The van der Waals surface area contributed by atoms with Gasteiger partial charge in [-0.3, -0.25) is 24.0 Å². The first kappa shape index (κ1) is 52.7. The van der Waals surface area contributed by atoms with Crippen molar-refractivity contribution in [1.82, 2.24) is 25.8 Å². The van der Waals surface area contributed by atoms with Gasteiger partial charge < -0.3 is 35.2 Å². The molecular weight excluding hydrogens is 851 g/mol. The van der Waals surface area contributed by atoms with Crippen molar-refractivity contribution in [2.75, 3.05) is 32.7 Å². The fraction of sp³-hybridized carbons (Fsp3) is 0.642. The van der Waals surface area contributed by atoms with E-state index in [9.17, 15) is 33.6 Å². The molecule has 1 saturated carbocycles. The molecule has 1 spiro atoms. The lowest BCUT2D eigenvalue weighted by molar-refractivity contribution is -0.155. The van der Waals surface area contributed by atoms with E-state index in [-0.39, 0.29) is 66.3 Å².